The summed E-state index contributed by atoms with van der Waals surface area (Å²) in [6, 6.07) is 5.96. The van der Waals surface area contributed by atoms with Crippen LogP contribution in [0.4, 0.5) is 5.82 Å². The first-order valence-electron chi connectivity index (χ1n) is 7.58. The van der Waals surface area contributed by atoms with Crippen LogP contribution in [-0.2, 0) is 0 Å². The standard InChI is InChI=1S/C17H15N7/c1-11(12-2-5-18-6-3-12)22-17-14-4-7-19-10-15(14)23-16(24-17)13-8-20-21-9-13/h2-11H,1H3,(H,20,21)(H,22,23,24). The van der Waals surface area contributed by atoms with Gasteiger partial charge >= 0.3 is 0 Å². The molecule has 0 bridgehead atoms. The monoisotopic (exact) mass is 317 g/mol. The van der Waals surface area contributed by atoms with E-state index >= 15 is 0 Å². The first kappa shape index (κ1) is 14.3. The predicted molar refractivity (Wildman–Crippen MR) is 91.2 cm³/mol. The van der Waals surface area contributed by atoms with E-state index in [2.05, 4.69) is 42.4 Å². The summed E-state index contributed by atoms with van der Waals surface area (Å²) < 4.78 is 0. The molecule has 0 aromatic carbocycles. The summed E-state index contributed by atoms with van der Waals surface area (Å²) in [5, 5.41) is 11.2. The fourth-order valence-electron chi connectivity index (χ4n) is 2.53. The van der Waals surface area contributed by atoms with E-state index in [0.29, 0.717) is 5.82 Å². The van der Waals surface area contributed by atoms with Crippen molar-refractivity contribution >= 4 is 16.7 Å². The van der Waals surface area contributed by atoms with Gasteiger partial charge in [0.05, 0.1) is 29.5 Å². The normalized spacial score (nSPS) is 12.2. The Balaban J connectivity index is 1.78. The zero-order valence-electron chi connectivity index (χ0n) is 13.0. The zero-order chi connectivity index (χ0) is 16.4. The average molecular weight is 317 g/mol. The molecule has 1 atom stereocenters. The van der Waals surface area contributed by atoms with Crippen molar-refractivity contribution in [3.63, 3.8) is 0 Å². The summed E-state index contributed by atoms with van der Waals surface area (Å²) in [5.74, 6) is 1.37. The highest BCUT2D eigenvalue weighted by molar-refractivity contribution is 5.90. The summed E-state index contributed by atoms with van der Waals surface area (Å²) in [4.78, 5) is 17.5. The van der Waals surface area contributed by atoms with E-state index in [1.807, 2.05) is 18.2 Å². The van der Waals surface area contributed by atoms with Crippen molar-refractivity contribution in [1.82, 2.24) is 30.1 Å². The highest BCUT2D eigenvalue weighted by Gasteiger charge is 2.13. The lowest BCUT2D eigenvalue weighted by Crippen LogP contribution is -2.09. The predicted octanol–water partition coefficient (Wildman–Crippen LogP) is 2.98. The molecule has 0 fully saturated rings. The van der Waals surface area contributed by atoms with E-state index in [1.54, 1.807) is 37.2 Å². The number of nitrogens with zero attached hydrogens (tertiary/aromatic N) is 5. The SMILES string of the molecule is CC(Nc1nc(-c2cn[nH]c2)nc2cnccc12)c1ccncc1. The molecular weight excluding hydrogens is 302 g/mol. The Kier molecular flexibility index (Phi) is 3.59. The second-order valence-electron chi connectivity index (χ2n) is 5.42. The Morgan fingerprint density at radius 3 is 2.62 bits per heavy atom. The lowest BCUT2D eigenvalue weighted by Gasteiger charge is -2.16. The van der Waals surface area contributed by atoms with Gasteiger partial charge in [0.2, 0.25) is 0 Å². The van der Waals surface area contributed by atoms with E-state index < -0.39 is 0 Å². The number of nitrogens with one attached hydrogen (secondary N) is 2. The van der Waals surface area contributed by atoms with Crippen LogP contribution in [0.3, 0.4) is 0 Å². The molecular formula is C17H15N7. The van der Waals surface area contributed by atoms with Crippen LogP contribution in [-0.4, -0.2) is 30.1 Å². The fourth-order valence-corrected chi connectivity index (χ4v) is 2.53. The average Bonchev–Trinajstić information content (AvgIpc) is 3.17. The molecule has 24 heavy (non-hydrogen) atoms. The molecule has 0 saturated heterocycles. The Bertz CT molecular complexity index is 951. The fraction of sp³-hybridized carbons (Fsp3) is 0.118. The molecule has 0 saturated carbocycles. The van der Waals surface area contributed by atoms with Crippen LogP contribution in [0.25, 0.3) is 22.3 Å². The van der Waals surface area contributed by atoms with Crippen molar-refractivity contribution in [1.29, 1.82) is 0 Å². The van der Waals surface area contributed by atoms with Gasteiger partial charge in [-0.2, -0.15) is 5.10 Å². The smallest absolute Gasteiger partial charge is 0.165 e. The molecule has 2 N–H and O–H groups in total. The number of hydrogen-bond acceptors (Lipinski definition) is 6. The summed E-state index contributed by atoms with van der Waals surface area (Å²) in [6.07, 6.45) is 10.5. The minimum Gasteiger partial charge on any atom is -0.363 e. The van der Waals surface area contributed by atoms with Gasteiger partial charge < -0.3 is 5.32 Å². The number of fused-ring (bicyclic) bond motifs is 1. The number of rotatable bonds is 4. The number of H-pyrrole nitrogens is 1. The maximum absolute atomic E-state index is 4.68. The molecule has 0 aliphatic rings. The van der Waals surface area contributed by atoms with Crippen LogP contribution in [0.2, 0.25) is 0 Å². The van der Waals surface area contributed by atoms with Crippen LogP contribution in [0.5, 0.6) is 0 Å². The summed E-state index contributed by atoms with van der Waals surface area (Å²) in [7, 11) is 0. The molecule has 1 unspecified atom stereocenters. The van der Waals surface area contributed by atoms with Gasteiger partial charge in [-0.25, -0.2) is 9.97 Å². The number of anilines is 1. The van der Waals surface area contributed by atoms with E-state index in [-0.39, 0.29) is 6.04 Å². The second-order valence-corrected chi connectivity index (χ2v) is 5.42. The second kappa shape index (κ2) is 6.04. The number of aromatic amines is 1. The van der Waals surface area contributed by atoms with Crippen molar-refractivity contribution < 1.29 is 0 Å². The lowest BCUT2D eigenvalue weighted by atomic mass is 10.1. The molecule has 4 aromatic heterocycles. The maximum atomic E-state index is 4.68. The van der Waals surface area contributed by atoms with Crippen LogP contribution >= 0.6 is 0 Å². The van der Waals surface area contributed by atoms with E-state index in [1.165, 1.54) is 0 Å². The van der Waals surface area contributed by atoms with Crippen molar-refractivity contribution in [3.05, 3.63) is 60.9 Å². The molecule has 7 heteroatoms. The largest absolute Gasteiger partial charge is 0.363 e. The molecule has 4 rings (SSSR count). The zero-order valence-corrected chi connectivity index (χ0v) is 13.0. The van der Waals surface area contributed by atoms with Gasteiger partial charge in [-0.1, -0.05) is 0 Å². The van der Waals surface area contributed by atoms with Crippen molar-refractivity contribution in [2.24, 2.45) is 0 Å². The Morgan fingerprint density at radius 1 is 1.00 bits per heavy atom. The minimum absolute atomic E-state index is 0.0801. The first-order valence-corrected chi connectivity index (χ1v) is 7.58. The van der Waals surface area contributed by atoms with E-state index in [9.17, 15) is 0 Å². The van der Waals surface area contributed by atoms with Crippen LogP contribution in [0.1, 0.15) is 18.5 Å². The molecule has 0 amide bonds. The highest BCUT2D eigenvalue weighted by atomic mass is 15.1. The third-order valence-electron chi connectivity index (χ3n) is 3.81. The number of hydrogen-bond donors (Lipinski definition) is 2. The molecule has 0 aliphatic carbocycles. The molecule has 0 radical (unpaired) electrons. The highest BCUT2D eigenvalue weighted by Crippen LogP contribution is 2.26. The summed E-state index contributed by atoms with van der Waals surface area (Å²) in [5.41, 5.74) is 2.75. The molecule has 4 heterocycles. The van der Waals surface area contributed by atoms with Crippen LogP contribution < -0.4 is 5.32 Å². The topological polar surface area (TPSA) is 92.3 Å². The molecule has 0 spiro atoms. The lowest BCUT2D eigenvalue weighted by molar-refractivity contribution is 0.872. The molecule has 118 valence electrons. The first-order chi connectivity index (χ1) is 11.8. The van der Waals surface area contributed by atoms with Crippen molar-refractivity contribution in [3.8, 4) is 11.4 Å². The van der Waals surface area contributed by atoms with Gasteiger partial charge in [-0.3, -0.25) is 15.1 Å². The van der Waals surface area contributed by atoms with E-state index in [4.69, 9.17) is 0 Å². The summed E-state index contributed by atoms with van der Waals surface area (Å²) in [6.45, 7) is 2.09. The van der Waals surface area contributed by atoms with Gasteiger partial charge in [0.25, 0.3) is 0 Å². The maximum Gasteiger partial charge on any atom is 0.165 e. The third-order valence-corrected chi connectivity index (χ3v) is 3.81. The molecule has 4 aromatic rings. The number of aromatic nitrogens is 6. The van der Waals surface area contributed by atoms with Gasteiger partial charge in [0.15, 0.2) is 5.82 Å². The minimum atomic E-state index is 0.0801. The van der Waals surface area contributed by atoms with Crippen molar-refractivity contribution in [2.45, 2.75) is 13.0 Å². The molecule has 7 nitrogen and oxygen atoms in total. The third kappa shape index (κ3) is 2.67. The van der Waals surface area contributed by atoms with Gasteiger partial charge in [0, 0.05) is 30.2 Å². The Morgan fingerprint density at radius 2 is 1.83 bits per heavy atom. The van der Waals surface area contributed by atoms with E-state index in [0.717, 1.165) is 27.8 Å². The van der Waals surface area contributed by atoms with Crippen LogP contribution in [0.15, 0.2) is 55.4 Å². The van der Waals surface area contributed by atoms with Crippen molar-refractivity contribution in [2.75, 3.05) is 5.32 Å². The van der Waals surface area contributed by atoms with Gasteiger partial charge in [-0.15, -0.1) is 0 Å². The summed E-state index contributed by atoms with van der Waals surface area (Å²) >= 11 is 0. The Labute approximate surface area is 138 Å². The number of pyridine rings is 2. The van der Waals surface area contributed by atoms with Gasteiger partial charge in [-0.05, 0) is 30.7 Å². The van der Waals surface area contributed by atoms with Crippen LogP contribution in [0, 0.1) is 0 Å². The molecule has 0 aliphatic heterocycles. The van der Waals surface area contributed by atoms with Gasteiger partial charge in [0.1, 0.15) is 5.82 Å². The Hall–Kier alpha value is -3.35. The quantitative estimate of drug-likeness (QED) is 0.601.